The summed E-state index contributed by atoms with van der Waals surface area (Å²) in [5.41, 5.74) is 1.00. The molecule has 1 rings (SSSR count). The summed E-state index contributed by atoms with van der Waals surface area (Å²) in [5, 5.41) is 0.771. The van der Waals surface area contributed by atoms with Gasteiger partial charge in [-0.3, -0.25) is 4.98 Å². The van der Waals surface area contributed by atoms with Crippen LogP contribution < -0.4 is 4.74 Å². The molecule has 3 nitrogen and oxygen atoms in total. The fourth-order valence-corrected chi connectivity index (χ4v) is 1.37. The molecule has 1 aromatic rings. The van der Waals surface area contributed by atoms with Crippen LogP contribution in [0.25, 0.3) is 0 Å². The maximum Gasteiger partial charge on any atom is 0.137 e. The first-order chi connectivity index (χ1) is 7.36. The summed E-state index contributed by atoms with van der Waals surface area (Å²) in [5.74, 6) is 0.791. The number of hydrogen-bond acceptors (Lipinski definition) is 3. The van der Waals surface area contributed by atoms with E-state index in [-0.39, 0.29) is 0 Å². The second kappa shape index (κ2) is 7.65. The molecule has 0 spiro atoms. The molecule has 0 unspecified atom stereocenters. The van der Waals surface area contributed by atoms with Crippen molar-refractivity contribution in [2.45, 2.75) is 18.7 Å². The summed E-state index contributed by atoms with van der Waals surface area (Å²) in [4.78, 5) is 4.20. The van der Waals surface area contributed by atoms with E-state index in [1.165, 1.54) is 0 Å². The Balaban J connectivity index is 2.20. The van der Waals surface area contributed by atoms with E-state index < -0.39 is 0 Å². The van der Waals surface area contributed by atoms with Crippen LogP contribution in [0.2, 0.25) is 0 Å². The van der Waals surface area contributed by atoms with Crippen LogP contribution in [-0.4, -0.2) is 24.8 Å². The van der Waals surface area contributed by atoms with Gasteiger partial charge in [0, 0.05) is 11.9 Å². The Hall–Kier alpha value is -0.610. The molecule has 15 heavy (non-hydrogen) atoms. The summed E-state index contributed by atoms with van der Waals surface area (Å²) in [6.45, 7) is 4.09. The zero-order valence-corrected chi connectivity index (χ0v) is 10.5. The van der Waals surface area contributed by atoms with Crippen molar-refractivity contribution in [2.24, 2.45) is 0 Å². The largest absolute Gasteiger partial charge is 0.490 e. The summed E-state index contributed by atoms with van der Waals surface area (Å²) in [6.07, 6.45) is 2.78. The lowest BCUT2D eigenvalue weighted by Crippen LogP contribution is -2.07. The van der Waals surface area contributed by atoms with Gasteiger partial charge in [-0.2, -0.15) is 0 Å². The zero-order chi connectivity index (χ0) is 10.9. The smallest absolute Gasteiger partial charge is 0.137 e. The first kappa shape index (κ1) is 12.5. The summed E-state index contributed by atoms with van der Waals surface area (Å²) >= 11 is 3.34. The van der Waals surface area contributed by atoms with Gasteiger partial charge in [0.25, 0.3) is 0 Å². The van der Waals surface area contributed by atoms with Gasteiger partial charge in [0.15, 0.2) is 0 Å². The number of aromatic nitrogens is 1. The Morgan fingerprint density at radius 2 is 2.13 bits per heavy atom. The highest BCUT2D eigenvalue weighted by Gasteiger charge is 1.95. The van der Waals surface area contributed by atoms with E-state index in [0.29, 0.717) is 13.2 Å². The quantitative estimate of drug-likeness (QED) is 0.566. The van der Waals surface area contributed by atoms with Gasteiger partial charge in [-0.15, -0.1) is 0 Å². The van der Waals surface area contributed by atoms with Gasteiger partial charge in [0.1, 0.15) is 12.4 Å². The van der Waals surface area contributed by atoms with Gasteiger partial charge in [0.2, 0.25) is 0 Å². The molecule has 0 fully saturated rings. The Morgan fingerprint density at radius 1 is 1.27 bits per heavy atom. The van der Waals surface area contributed by atoms with Crippen molar-refractivity contribution < 1.29 is 9.47 Å². The fraction of sp³-hybridized carbons (Fsp3) is 0.545. The minimum Gasteiger partial charge on any atom is -0.490 e. The maximum atomic E-state index is 5.45. The number of halogens is 1. The molecule has 0 bridgehead atoms. The normalized spacial score (nSPS) is 10.3. The summed E-state index contributed by atoms with van der Waals surface area (Å²) in [6, 6.07) is 3.86. The fourth-order valence-electron chi connectivity index (χ4n) is 1.04. The third-order valence-electron chi connectivity index (χ3n) is 1.78. The predicted molar refractivity (Wildman–Crippen MR) is 63.5 cm³/mol. The number of hydrogen-bond donors (Lipinski definition) is 0. The Bertz CT molecular complexity index is 264. The number of alkyl halides is 1. The van der Waals surface area contributed by atoms with Gasteiger partial charge in [-0.25, -0.2) is 0 Å². The molecule has 1 aromatic heterocycles. The van der Waals surface area contributed by atoms with E-state index in [4.69, 9.17) is 9.47 Å². The van der Waals surface area contributed by atoms with Gasteiger partial charge < -0.3 is 9.47 Å². The number of ether oxygens (including phenoxy) is 2. The number of rotatable bonds is 7. The molecule has 0 aliphatic heterocycles. The van der Waals surface area contributed by atoms with E-state index >= 15 is 0 Å². The first-order valence-corrected chi connectivity index (χ1v) is 6.20. The van der Waals surface area contributed by atoms with Crippen LogP contribution in [-0.2, 0) is 10.1 Å². The second-order valence-corrected chi connectivity index (χ2v) is 3.64. The van der Waals surface area contributed by atoms with E-state index in [0.717, 1.165) is 29.8 Å². The monoisotopic (exact) mass is 273 g/mol. The molecule has 0 aliphatic carbocycles. The highest BCUT2D eigenvalue weighted by molar-refractivity contribution is 9.08. The minimum absolute atomic E-state index is 0.579. The standard InChI is InChI=1S/C11H16BrNO2/c1-2-5-14-6-7-15-11-4-3-10(8-12)13-9-11/h3-4,9H,2,5-8H2,1H3. The highest BCUT2D eigenvalue weighted by atomic mass is 79.9. The van der Waals surface area contributed by atoms with Crippen molar-refractivity contribution >= 4 is 15.9 Å². The molecule has 0 aromatic carbocycles. The molecule has 0 N–H and O–H groups in total. The third kappa shape index (κ3) is 5.14. The summed E-state index contributed by atoms with van der Waals surface area (Å²) < 4.78 is 10.7. The maximum absolute atomic E-state index is 5.45. The van der Waals surface area contributed by atoms with Crippen LogP contribution >= 0.6 is 15.9 Å². The van der Waals surface area contributed by atoms with Crippen molar-refractivity contribution in [1.29, 1.82) is 0 Å². The molecule has 0 amide bonds. The molecular weight excluding hydrogens is 258 g/mol. The molecule has 0 aliphatic rings. The van der Waals surface area contributed by atoms with E-state index in [1.807, 2.05) is 12.1 Å². The number of pyridine rings is 1. The predicted octanol–water partition coefficient (Wildman–Crippen LogP) is 2.78. The van der Waals surface area contributed by atoms with Crippen molar-refractivity contribution in [2.75, 3.05) is 19.8 Å². The van der Waals surface area contributed by atoms with Crippen LogP contribution in [0.3, 0.4) is 0 Å². The molecule has 84 valence electrons. The average Bonchev–Trinajstić information content (AvgIpc) is 2.30. The topological polar surface area (TPSA) is 31.4 Å². The lowest BCUT2D eigenvalue weighted by molar-refractivity contribution is 0.100. The van der Waals surface area contributed by atoms with Crippen molar-refractivity contribution in [3.8, 4) is 5.75 Å². The molecule has 0 atom stereocenters. The molecule has 0 radical (unpaired) electrons. The van der Waals surface area contributed by atoms with Crippen molar-refractivity contribution in [3.05, 3.63) is 24.0 Å². The molecule has 0 saturated heterocycles. The second-order valence-electron chi connectivity index (χ2n) is 3.08. The lowest BCUT2D eigenvalue weighted by atomic mass is 10.4. The first-order valence-electron chi connectivity index (χ1n) is 5.08. The Labute approximate surface area is 98.9 Å². The van der Waals surface area contributed by atoms with Gasteiger partial charge >= 0.3 is 0 Å². The SMILES string of the molecule is CCCOCCOc1ccc(CBr)nc1. The van der Waals surface area contributed by atoms with Crippen LogP contribution in [0.1, 0.15) is 19.0 Å². The summed E-state index contributed by atoms with van der Waals surface area (Å²) in [7, 11) is 0. The van der Waals surface area contributed by atoms with E-state index in [2.05, 4.69) is 27.8 Å². The molecule has 1 heterocycles. The van der Waals surface area contributed by atoms with Crippen LogP contribution in [0.5, 0.6) is 5.75 Å². The Morgan fingerprint density at radius 3 is 2.73 bits per heavy atom. The van der Waals surface area contributed by atoms with Gasteiger partial charge in [0.05, 0.1) is 18.5 Å². The minimum atomic E-state index is 0.579. The van der Waals surface area contributed by atoms with Crippen LogP contribution in [0.4, 0.5) is 0 Å². The van der Waals surface area contributed by atoms with E-state index in [9.17, 15) is 0 Å². The van der Waals surface area contributed by atoms with Crippen molar-refractivity contribution in [3.63, 3.8) is 0 Å². The van der Waals surface area contributed by atoms with Crippen molar-refractivity contribution in [1.82, 2.24) is 4.98 Å². The van der Waals surface area contributed by atoms with E-state index in [1.54, 1.807) is 6.20 Å². The third-order valence-corrected chi connectivity index (χ3v) is 2.35. The average molecular weight is 274 g/mol. The van der Waals surface area contributed by atoms with Crippen LogP contribution in [0, 0.1) is 0 Å². The van der Waals surface area contributed by atoms with Crippen LogP contribution in [0.15, 0.2) is 18.3 Å². The molecule has 4 heteroatoms. The lowest BCUT2D eigenvalue weighted by Gasteiger charge is -2.06. The van der Waals surface area contributed by atoms with Gasteiger partial charge in [-0.1, -0.05) is 22.9 Å². The highest BCUT2D eigenvalue weighted by Crippen LogP contribution is 2.10. The molecule has 0 saturated carbocycles. The zero-order valence-electron chi connectivity index (χ0n) is 8.91. The van der Waals surface area contributed by atoms with Gasteiger partial charge in [-0.05, 0) is 18.6 Å². The Kier molecular flexibility index (Phi) is 6.36. The molecular formula is C11H16BrNO2. The number of nitrogens with zero attached hydrogens (tertiary/aromatic N) is 1.